The number of terminal acetylenes is 1. The molecule has 1 aliphatic rings. The van der Waals surface area contributed by atoms with Crippen LogP contribution in [0.2, 0.25) is 0 Å². The van der Waals surface area contributed by atoms with Gasteiger partial charge in [-0.2, -0.15) is 0 Å². The lowest BCUT2D eigenvalue weighted by Crippen LogP contribution is -2.31. The largest absolute Gasteiger partial charge is 0.392 e. The van der Waals surface area contributed by atoms with Crippen molar-refractivity contribution in [1.29, 1.82) is 0 Å². The zero-order valence-electron chi connectivity index (χ0n) is 8.53. The lowest BCUT2D eigenvalue weighted by molar-refractivity contribution is 0.127. The van der Waals surface area contributed by atoms with Gasteiger partial charge in [-0.1, -0.05) is 0 Å². The number of hydrogen-bond donors (Lipinski definition) is 1. The zero-order chi connectivity index (χ0) is 9.84. The van der Waals surface area contributed by atoms with Gasteiger partial charge in [-0.3, -0.25) is 0 Å². The third-order valence-corrected chi connectivity index (χ3v) is 2.85. The third kappa shape index (κ3) is 2.72. The van der Waals surface area contributed by atoms with E-state index in [1.807, 2.05) is 0 Å². The molecule has 1 rings (SSSR count). The first-order valence-electron chi connectivity index (χ1n) is 5.03. The molecular formula is C11H19NO. The molecule has 1 saturated heterocycles. The van der Waals surface area contributed by atoms with Gasteiger partial charge < -0.3 is 10.0 Å². The summed E-state index contributed by atoms with van der Waals surface area (Å²) in [6.07, 6.45) is 6.80. The minimum atomic E-state index is -0.297. The molecule has 0 radical (unpaired) electrons. The Kier molecular flexibility index (Phi) is 3.77. The Balaban J connectivity index is 2.52. The van der Waals surface area contributed by atoms with E-state index in [0.29, 0.717) is 6.04 Å². The van der Waals surface area contributed by atoms with E-state index in [1.54, 1.807) is 0 Å². The standard InChI is InChI=1S/C11H19NO/c1-4-10-5-7-12(9(2)3)8-6-11(10)13/h1,9-11,13H,5-8H2,2-3H3. The molecule has 2 atom stereocenters. The summed E-state index contributed by atoms with van der Waals surface area (Å²) in [5.74, 6) is 2.74. The lowest BCUT2D eigenvalue weighted by Gasteiger charge is -2.23. The van der Waals surface area contributed by atoms with Gasteiger partial charge in [-0.05, 0) is 33.2 Å². The number of nitrogens with zero attached hydrogens (tertiary/aromatic N) is 1. The van der Waals surface area contributed by atoms with Gasteiger partial charge in [0.2, 0.25) is 0 Å². The highest BCUT2D eigenvalue weighted by Crippen LogP contribution is 2.18. The SMILES string of the molecule is C#CC1CCN(C(C)C)CCC1O. The summed E-state index contributed by atoms with van der Waals surface area (Å²) in [4.78, 5) is 2.38. The van der Waals surface area contributed by atoms with Crippen molar-refractivity contribution in [1.82, 2.24) is 4.90 Å². The van der Waals surface area contributed by atoms with Gasteiger partial charge in [0.05, 0.1) is 6.10 Å². The van der Waals surface area contributed by atoms with Crippen LogP contribution in [0.4, 0.5) is 0 Å². The van der Waals surface area contributed by atoms with E-state index in [2.05, 4.69) is 24.7 Å². The number of rotatable bonds is 1. The van der Waals surface area contributed by atoms with E-state index < -0.39 is 0 Å². The average Bonchev–Trinajstić information content (AvgIpc) is 2.27. The van der Waals surface area contributed by atoms with Crippen molar-refractivity contribution in [2.45, 2.75) is 38.8 Å². The van der Waals surface area contributed by atoms with E-state index >= 15 is 0 Å². The van der Waals surface area contributed by atoms with Crippen LogP contribution in [0, 0.1) is 18.3 Å². The van der Waals surface area contributed by atoms with Crippen LogP contribution in [0.5, 0.6) is 0 Å². The fourth-order valence-corrected chi connectivity index (χ4v) is 1.82. The van der Waals surface area contributed by atoms with Crippen LogP contribution in [0.1, 0.15) is 26.7 Å². The first-order chi connectivity index (χ1) is 6.15. The van der Waals surface area contributed by atoms with Gasteiger partial charge in [0.15, 0.2) is 0 Å². The van der Waals surface area contributed by atoms with Crippen molar-refractivity contribution in [3.63, 3.8) is 0 Å². The molecule has 0 spiro atoms. The number of likely N-dealkylation sites (tertiary alicyclic amines) is 1. The fraction of sp³-hybridized carbons (Fsp3) is 0.818. The molecular weight excluding hydrogens is 162 g/mol. The molecule has 2 heteroatoms. The predicted octanol–water partition coefficient (Wildman–Crippen LogP) is 1.10. The summed E-state index contributed by atoms with van der Waals surface area (Å²) < 4.78 is 0. The quantitative estimate of drug-likeness (QED) is 0.612. The zero-order valence-corrected chi connectivity index (χ0v) is 8.53. The molecule has 0 aromatic rings. The summed E-state index contributed by atoms with van der Waals surface area (Å²) in [5.41, 5.74) is 0. The van der Waals surface area contributed by atoms with Gasteiger partial charge in [0.25, 0.3) is 0 Å². The maximum Gasteiger partial charge on any atom is 0.0690 e. The molecule has 1 heterocycles. The molecule has 1 aliphatic heterocycles. The van der Waals surface area contributed by atoms with Crippen LogP contribution in [0.15, 0.2) is 0 Å². The molecule has 0 aliphatic carbocycles. The number of aliphatic hydroxyl groups is 1. The van der Waals surface area contributed by atoms with E-state index in [9.17, 15) is 5.11 Å². The molecule has 2 nitrogen and oxygen atoms in total. The Morgan fingerprint density at radius 2 is 2.00 bits per heavy atom. The van der Waals surface area contributed by atoms with Crippen molar-refractivity contribution in [2.75, 3.05) is 13.1 Å². The van der Waals surface area contributed by atoms with Gasteiger partial charge in [0.1, 0.15) is 0 Å². The van der Waals surface area contributed by atoms with Crippen LogP contribution in [0.25, 0.3) is 0 Å². The van der Waals surface area contributed by atoms with E-state index in [-0.39, 0.29) is 12.0 Å². The number of aliphatic hydroxyl groups excluding tert-OH is 1. The topological polar surface area (TPSA) is 23.5 Å². The Labute approximate surface area is 80.9 Å². The molecule has 1 N–H and O–H groups in total. The third-order valence-electron chi connectivity index (χ3n) is 2.85. The minimum absolute atomic E-state index is 0.0590. The second kappa shape index (κ2) is 4.64. The van der Waals surface area contributed by atoms with E-state index in [1.165, 1.54) is 0 Å². The van der Waals surface area contributed by atoms with Gasteiger partial charge in [-0.15, -0.1) is 12.3 Å². The molecule has 0 amide bonds. The summed E-state index contributed by atoms with van der Waals surface area (Å²) >= 11 is 0. The smallest absolute Gasteiger partial charge is 0.0690 e. The monoisotopic (exact) mass is 181 g/mol. The normalized spacial score (nSPS) is 31.3. The highest BCUT2D eigenvalue weighted by molar-refractivity contribution is 4.98. The molecule has 1 fully saturated rings. The number of hydrogen-bond acceptors (Lipinski definition) is 2. The highest BCUT2D eigenvalue weighted by Gasteiger charge is 2.23. The van der Waals surface area contributed by atoms with E-state index in [4.69, 9.17) is 6.42 Å². The Bertz CT molecular complexity index is 195. The molecule has 2 unspecified atom stereocenters. The summed E-state index contributed by atoms with van der Waals surface area (Å²) in [6, 6.07) is 0.559. The van der Waals surface area contributed by atoms with Crippen LogP contribution >= 0.6 is 0 Å². The second-order valence-electron chi connectivity index (χ2n) is 4.05. The highest BCUT2D eigenvalue weighted by atomic mass is 16.3. The van der Waals surface area contributed by atoms with Crippen LogP contribution in [-0.2, 0) is 0 Å². The van der Waals surface area contributed by atoms with Crippen molar-refractivity contribution >= 4 is 0 Å². The van der Waals surface area contributed by atoms with Crippen LogP contribution in [-0.4, -0.2) is 35.2 Å². The first kappa shape index (κ1) is 10.6. The van der Waals surface area contributed by atoms with Crippen LogP contribution < -0.4 is 0 Å². The fourth-order valence-electron chi connectivity index (χ4n) is 1.82. The van der Waals surface area contributed by atoms with Crippen molar-refractivity contribution in [2.24, 2.45) is 5.92 Å². The molecule has 0 aromatic carbocycles. The Hall–Kier alpha value is -0.520. The predicted molar refractivity (Wildman–Crippen MR) is 54.3 cm³/mol. The molecule has 13 heavy (non-hydrogen) atoms. The molecule has 74 valence electrons. The Morgan fingerprint density at radius 1 is 1.38 bits per heavy atom. The maximum atomic E-state index is 9.68. The second-order valence-corrected chi connectivity index (χ2v) is 4.05. The van der Waals surface area contributed by atoms with Crippen molar-refractivity contribution in [3.8, 4) is 12.3 Å². The summed E-state index contributed by atoms with van der Waals surface area (Å²) in [7, 11) is 0. The molecule has 0 aromatic heterocycles. The summed E-state index contributed by atoms with van der Waals surface area (Å²) in [5, 5.41) is 9.68. The molecule has 0 bridgehead atoms. The van der Waals surface area contributed by atoms with Crippen LogP contribution in [0.3, 0.4) is 0 Å². The van der Waals surface area contributed by atoms with Gasteiger partial charge >= 0.3 is 0 Å². The van der Waals surface area contributed by atoms with E-state index in [0.717, 1.165) is 25.9 Å². The molecule has 0 saturated carbocycles. The minimum Gasteiger partial charge on any atom is -0.392 e. The average molecular weight is 181 g/mol. The summed E-state index contributed by atoms with van der Waals surface area (Å²) in [6.45, 7) is 6.35. The Morgan fingerprint density at radius 3 is 2.54 bits per heavy atom. The van der Waals surface area contributed by atoms with Crippen molar-refractivity contribution in [3.05, 3.63) is 0 Å². The first-order valence-corrected chi connectivity index (χ1v) is 5.03. The lowest BCUT2D eigenvalue weighted by atomic mass is 9.99. The maximum absolute atomic E-state index is 9.68. The van der Waals surface area contributed by atoms with Crippen molar-refractivity contribution < 1.29 is 5.11 Å². The van der Waals surface area contributed by atoms with Gasteiger partial charge in [0, 0.05) is 18.5 Å². The van der Waals surface area contributed by atoms with Gasteiger partial charge in [-0.25, -0.2) is 0 Å².